The number of allylic oxidation sites excluding steroid dienone is 1. The fraction of sp³-hybridized carbons (Fsp3) is 0.143. The second-order valence-corrected chi connectivity index (χ2v) is 8.95. The lowest BCUT2D eigenvalue weighted by Gasteiger charge is -2.15. The van der Waals surface area contributed by atoms with Crippen molar-refractivity contribution in [3.05, 3.63) is 90.5 Å². The number of ether oxygens (including phenoxy) is 2. The molecule has 1 aromatic heterocycles. The van der Waals surface area contributed by atoms with E-state index in [1.807, 2.05) is 53.1 Å². The van der Waals surface area contributed by atoms with Crippen LogP contribution in [0.4, 0.5) is 0 Å². The van der Waals surface area contributed by atoms with Crippen molar-refractivity contribution in [2.75, 3.05) is 20.0 Å². The van der Waals surface area contributed by atoms with Crippen LogP contribution in [0.3, 0.4) is 0 Å². The Morgan fingerprint density at radius 2 is 1.92 bits per heavy atom. The van der Waals surface area contributed by atoms with E-state index in [9.17, 15) is 9.90 Å². The van der Waals surface area contributed by atoms with Gasteiger partial charge in [0, 0.05) is 0 Å². The van der Waals surface area contributed by atoms with Gasteiger partial charge in [0.1, 0.15) is 5.69 Å². The highest BCUT2D eigenvalue weighted by Gasteiger charge is 2.25. The van der Waals surface area contributed by atoms with Gasteiger partial charge >= 0.3 is 5.16 Å². The molecule has 0 spiro atoms. The second kappa shape index (κ2) is 12.6. The number of rotatable bonds is 11. The first-order valence-electron chi connectivity index (χ1n) is 11.7. The zero-order chi connectivity index (χ0) is 26.9. The van der Waals surface area contributed by atoms with E-state index in [2.05, 4.69) is 27.3 Å². The SMILES string of the molecule is C=CCc1cccc(/C=N\NC(=O)CSc2n[nH]c(-c3ccc(OC)c(OC)c3)[n+]2-c2ccccc2)c1[O-]. The van der Waals surface area contributed by atoms with Crippen LogP contribution in [-0.4, -0.2) is 42.3 Å². The average molecular weight is 530 g/mol. The fourth-order valence-electron chi connectivity index (χ4n) is 3.75. The number of aromatic amines is 1. The Bertz CT molecular complexity index is 1450. The molecule has 4 aromatic rings. The Kier molecular flexibility index (Phi) is 8.78. The van der Waals surface area contributed by atoms with Gasteiger partial charge in [0.05, 0.1) is 36.8 Å². The molecule has 0 aliphatic rings. The molecule has 0 aliphatic heterocycles. The molecule has 0 fully saturated rings. The van der Waals surface area contributed by atoms with Gasteiger partial charge in [-0.1, -0.05) is 53.8 Å². The van der Waals surface area contributed by atoms with Crippen LogP contribution >= 0.6 is 11.8 Å². The Balaban J connectivity index is 1.52. The molecule has 0 atom stereocenters. The molecule has 38 heavy (non-hydrogen) atoms. The molecule has 0 bridgehead atoms. The number of carbonyl (C=O) groups excluding carboxylic acids is 1. The zero-order valence-corrected chi connectivity index (χ0v) is 21.8. The number of thioether (sulfide) groups is 1. The van der Waals surface area contributed by atoms with Gasteiger partial charge in [-0.05, 0) is 54.1 Å². The van der Waals surface area contributed by atoms with Crippen molar-refractivity contribution >= 4 is 23.9 Å². The number of benzene rings is 3. The summed E-state index contributed by atoms with van der Waals surface area (Å²) in [5.74, 6) is 1.49. The van der Waals surface area contributed by atoms with E-state index >= 15 is 0 Å². The Hall–Kier alpha value is -4.57. The molecule has 0 saturated carbocycles. The second-order valence-electron chi connectivity index (χ2n) is 8.01. The van der Waals surface area contributed by atoms with Crippen molar-refractivity contribution in [2.45, 2.75) is 11.6 Å². The number of hydrogen-bond acceptors (Lipinski definition) is 7. The summed E-state index contributed by atoms with van der Waals surface area (Å²) in [6.45, 7) is 3.66. The summed E-state index contributed by atoms with van der Waals surface area (Å²) in [5.41, 5.74) is 5.19. The van der Waals surface area contributed by atoms with Gasteiger partial charge in [0.25, 0.3) is 11.7 Å². The summed E-state index contributed by atoms with van der Waals surface area (Å²) in [7, 11) is 3.17. The number of para-hydroxylation sites is 2. The van der Waals surface area contributed by atoms with E-state index in [1.165, 1.54) is 18.0 Å². The lowest BCUT2D eigenvalue weighted by atomic mass is 10.1. The molecule has 3 aromatic carbocycles. The monoisotopic (exact) mass is 529 g/mol. The summed E-state index contributed by atoms with van der Waals surface area (Å²) in [4.78, 5) is 12.5. The summed E-state index contributed by atoms with van der Waals surface area (Å²) in [5, 5.41) is 24.5. The maximum atomic E-state index is 12.5. The number of amides is 1. The van der Waals surface area contributed by atoms with Crippen LogP contribution in [0.25, 0.3) is 17.1 Å². The third-order valence-electron chi connectivity index (χ3n) is 5.56. The van der Waals surface area contributed by atoms with Crippen LogP contribution < -0.4 is 24.6 Å². The lowest BCUT2D eigenvalue weighted by Crippen LogP contribution is -2.34. The number of carbonyl (C=O) groups is 1. The first kappa shape index (κ1) is 26.5. The van der Waals surface area contributed by atoms with E-state index in [1.54, 1.807) is 38.5 Å². The van der Waals surface area contributed by atoms with Crippen LogP contribution in [0.2, 0.25) is 0 Å². The van der Waals surface area contributed by atoms with Crippen LogP contribution in [-0.2, 0) is 11.2 Å². The van der Waals surface area contributed by atoms with Gasteiger partial charge in [0.15, 0.2) is 11.5 Å². The molecular weight excluding hydrogens is 502 g/mol. The Morgan fingerprint density at radius 1 is 1.13 bits per heavy atom. The van der Waals surface area contributed by atoms with Crippen molar-refractivity contribution < 1.29 is 23.9 Å². The van der Waals surface area contributed by atoms with E-state index < -0.39 is 0 Å². The van der Waals surface area contributed by atoms with E-state index in [-0.39, 0.29) is 17.4 Å². The smallest absolute Gasteiger partial charge is 0.342 e. The molecule has 194 valence electrons. The van der Waals surface area contributed by atoms with E-state index in [4.69, 9.17) is 9.47 Å². The number of methoxy groups -OCH3 is 2. The minimum atomic E-state index is -0.337. The third kappa shape index (κ3) is 6.04. The van der Waals surface area contributed by atoms with Crippen LogP contribution in [0.15, 0.2) is 89.6 Å². The van der Waals surface area contributed by atoms with Crippen molar-refractivity contribution in [1.82, 2.24) is 15.6 Å². The quantitative estimate of drug-likeness (QED) is 0.101. The maximum Gasteiger partial charge on any atom is 0.342 e. The average Bonchev–Trinajstić information content (AvgIpc) is 3.38. The van der Waals surface area contributed by atoms with Crippen molar-refractivity contribution in [1.29, 1.82) is 0 Å². The number of nitrogens with zero attached hydrogens (tertiary/aromatic N) is 3. The number of aromatic nitrogens is 3. The van der Waals surface area contributed by atoms with Crippen LogP contribution in [0, 0.1) is 0 Å². The molecule has 1 amide bonds. The summed E-state index contributed by atoms with van der Waals surface area (Å²) >= 11 is 1.25. The van der Waals surface area contributed by atoms with Gasteiger partial charge in [0.2, 0.25) is 0 Å². The zero-order valence-electron chi connectivity index (χ0n) is 21.0. The molecular formula is C28H27N5O4S. The van der Waals surface area contributed by atoms with Crippen molar-refractivity contribution in [3.63, 3.8) is 0 Å². The molecule has 4 rings (SSSR count). The molecule has 0 radical (unpaired) electrons. The van der Waals surface area contributed by atoms with Gasteiger partial charge in [-0.3, -0.25) is 4.79 Å². The highest BCUT2D eigenvalue weighted by atomic mass is 32.2. The number of nitrogens with one attached hydrogen (secondary N) is 2. The molecule has 9 nitrogen and oxygen atoms in total. The largest absolute Gasteiger partial charge is 0.872 e. The van der Waals surface area contributed by atoms with E-state index in [0.29, 0.717) is 40.0 Å². The van der Waals surface area contributed by atoms with Gasteiger partial charge in [-0.25, -0.2) is 5.43 Å². The number of H-pyrrole nitrogens is 1. The van der Waals surface area contributed by atoms with Crippen LogP contribution in [0.5, 0.6) is 17.2 Å². The first-order chi connectivity index (χ1) is 18.5. The molecule has 0 unspecified atom stereocenters. The van der Waals surface area contributed by atoms with Crippen molar-refractivity contribution in [2.24, 2.45) is 5.10 Å². The Labute approximate surface area is 224 Å². The normalized spacial score (nSPS) is 10.9. The number of hydrazone groups is 1. The first-order valence-corrected chi connectivity index (χ1v) is 12.7. The predicted octanol–water partition coefficient (Wildman–Crippen LogP) is 3.42. The molecule has 1 heterocycles. The van der Waals surface area contributed by atoms with Gasteiger partial charge < -0.3 is 14.6 Å². The minimum absolute atomic E-state index is 0.0567. The summed E-state index contributed by atoms with van der Waals surface area (Å²) < 4.78 is 12.7. The molecule has 0 saturated heterocycles. The standard InChI is InChI=1S/C28H27N5O4S/c1-4-9-19-10-8-11-21(26(19)35)17-29-30-25(34)18-38-28-32-31-27(33(28)22-12-6-5-7-13-22)20-14-15-23(36-2)24(16-20)37-3/h4-8,10-17H,1,9,18H2,2-3H3,(H2,29,30,34,35). The summed E-state index contributed by atoms with van der Waals surface area (Å²) in [6, 6.07) is 20.5. The topological polar surface area (TPSA) is 116 Å². The maximum absolute atomic E-state index is 12.5. The Morgan fingerprint density at radius 3 is 2.66 bits per heavy atom. The molecule has 0 aliphatic carbocycles. The fourth-order valence-corrected chi connectivity index (χ4v) is 4.51. The lowest BCUT2D eigenvalue weighted by molar-refractivity contribution is -0.625. The molecule has 10 heteroatoms. The minimum Gasteiger partial charge on any atom is -0.872 e. The van der Waals surface area contributed by atoms with Crippen molar-refractivity contribution in [3.8, 4) is 34.3 Å². The van der Waals surface area contributed by atoms with Gasteiger partial charge in [-0.2, -0.15) is 9.67 Å². The third-order valence-corrected chi connectivity index (χ3v) is 6.50. The highest BCUT2D eigenvalue weighted by molar-refractivity contribution is 7.99. The predicted molar refractivity (Wildman–Crippen MR) is 145 cm³/mol. The summed E-state index contributed by atoms with van der Waals surface area (Å²) in [6.07, 6.45) is 3.50. The van der Waals surface area contributed by atoms with Gasteiger partial charge in [-0.15, -0.1) is 11.7 Å². The van der Waals surface area contributed by atoms with E-state index in [0.717, 1.165) is 11.3 Å². The number of hydrogen-bond donors (Lipinski definition) is 2. The molecule has 2 N–H and O–H groups in total. The van der Waals surface area contributed by atoms with Crippen LogP contribution in [0.1, 0.15) is 11.1 Å². The highest BCUT2D eigenvalue weighted by Crippen LogP contribution is 2.31.